The van der Waals surface area contributed by atoms with E-state index >= 15 is 0 Å². The number of nitrogens with zero attached hydrogens (tertiary/aromatic N) is 1. The molecule has 14 heavy (non-hydrogen) atoms. The lowest BCUT2D eigenvalue weighted by molar-refractivity contribution is 0.211. The quantitative estimate of drug-likeness (QED) is 0.614. The first-order valence-electron chi connectivity index (χ1n) is 5.02. The molecule has 0 radical (unpaired) electrons. The van der Waals surface area contributed by atoms with Gasteiger partial charge in [0.05, 0.1) is 6.04 Å². The molecule has 0 aromatic rings. The maximum Gasteiger partial charge on any atom is 0.322 e. The molecule has 0 bridgehead atoms. The van der Waals surface area contributed by atoms with Crippen LogP contribution in [0.3, 0.4) is 0 Å². The van der Waals surface area contributed by atoms with Gasteiger partial charge in [-0.05, 0) is 18.4 Å². The number of urea groups is 1. The molecule has 72 valence electrons. The summed E-state index contributed by atoms with van der Waals surface area (Å²) in [6.07, 6.45) is 10.3. The standard InChI is InChI=1S/C11H12N2O/c14-11-12-9-5-2-1-4-8(9)10-6-3-7-13(10)11/h1-2,4-5,9H,3,6-7H2,(H,12,14). The lowest BCUT2D eigenvalue weighted by Gasteiger charge is -2.32. The Balaban J connectivity index is 2.11. The van der Waals surface area contributed by atoms with Gasteiger partial charge in [-0.1, -0.05) is 24.3 Å². The first-order valence-corrected chi connectivity index (χ1v) is 5.02. The first kappa shape index (κ1) is 7.85. The lowest BCUT2D eigenvalue weighted by atomic mass is 9.97. The van der Waals surface area contributed by atoms with E-state index in [1.54, 1.807) is 0 Å². The van der Waals surface area contributed by atoms with Crippen LogP contribution in [0.1, 0.15) is 12.8 Å². The van der Waals surface area contributed by atoms with Gasteiger partial charge in [0.15, 0.2) is 0 Å². The van der Waals surface area contributed by atoms with Crippen molar-refractivity contribution in [2.45, 2.75) is 18.9 Å². The Morgan fingerprint density at radius 2 is 2.36 bits per heavy atom. The maximum atomic E-state index is 11.7. The summed E-state index contributed by atoms with van der Waals surface area (Å²) in [5, 5.41) is 2.98. The highest BCUT2D eigenvalue weighted by Crippen LogP contribution is 2.31. The van der Waals surface area contributed by atoms with Crippen molar-refractivity contribution in [3.05, 3.63) is 35.6 Å². The number of carbonyl (C=O) groups is 1. The minimum absolute atomic E-state index is 0.0613. The van der Waals surface area contributed by atoms with E-state index in [0.717, 1.165) is 19.4 Å². The van der Waals surface area contributed by atoms with Crippen LogP contribution in [0.4, 0.5) is 4.79 Å². The van der Waals surface area contributed by atoms with Crippen LogP contribution in [0.5, 0.6) is 0 Å². The van der Waals surface area contributed by atoms with Crippen LogP contribution in [0.15, 0.2) is 35.6 Å². The number of amides is 2. The fourth-order valence-electron chi connectivity index (χ4n) is 2.35. The average Bonchev–Trinajstić information content (AvgIpc) is 2.67. The molecule has 1 N–H and O–H groups in total. The van der Waals surface area contributed by atoms with Crippen LogP contribution < -0.4 is 5.32 Å². The number of allylic oxidation sites excluding steroid dienone is 3. The summed E-state index contributed by atoms with van der Waals surface area (Å²) in [5.41, 5.74) is 2.49. The fraction of sp³-hybridized carbons (Fsp3) is 0.364. The van der Waals surface area contributed by atoms with Crippen molar-refractivity contribution in [1.82, 2.24) is 10.2 Å². The third-order valence-corrected chi connectivity index (χ3v) is 3.00. The molecule has 0 saturated carbocycles. The highest BCUT2D eigenvalue weighted by atomic mass is 16.2. The predicted molar refractivity (Wildman–Crippen MR) is 53.6 cm³/mol. The molecule has 2 aliphatic heterocycles. The first-order chi connectivity index (χ1) is 6.86. The van der Waals surface area contributed by atoms with Crippen molar-refractivity contribution in [1.29, 1.82) is 0 Å². The van der Waals surface area contributed by atoms with Gasteiger partial charge in [-0.25, -0.2) is 4.79 Å². The van der Waals surface area contributed by atoms with Gasteiger partial charge in [0.25, 0.3) is 0 Å². The van der Waals surface area contributed by atoms with Gasteiger partial charge in [0, 0.05) is 12.2 Å². The van der Waals surface area contributed by atoms with Gasteiger partial charge in [0.2, 0.25) is 0 Å². The molecule has 2 heterocycles. The van der Waals surface area contributed by atoms with E-state index in [4.69, 9.17) is 0 Å². The van der Waals surface area contributed by atoms with Crippen molar-refractivity contribution in [2.24, 2.45) is 0 Å². The molecule has 1 unspecified atom stereocenters. The smallest absolute Gasteiger partial charge is 0.322 e. The third kappa shape index (κ3) is 0.953. The Labute approximate surface area is 82.8 Å². The number of hydrogen-bond donors (Lipinski definition) is 1. The number of nitrogens with one attached hydrogen (secondary N) is 1. The largest absolute Gasteiger partial charge is 0.327 e. The van der Waals surface area contributed by atoms with E-state index in [1.807, 2.05) is 23.1 Å². The summed E-state index contributed by atoms with van der Waals surface area (Å²) in [7, 11) is 0. The summed E-state index contributed by atoms with van der Waals surface area (Å²) < 4.78 is 0. The Morgan fingerprint density at radius 1 is 1.43 bits per heavy atom. The predicted octanol–water partition coefficient (Wildman–Crippen LogP) is 1.55. The zero-order chi connectivity index (χ0) is 9.54. The van der Waals surface area contributed by atoms with E-state index in [0.29, 0.717) is 0 Å². The van der Waals surface area contributed by atoms with E-state index in [9.17, 15) is 4.79 Å². The topological polar surface area (TPSA) is 32.3 Å². The van der Waals surface area contributed by atoms with Gasteiger partial charge in [-0.3, -0.25) is 4.90 Å². The molecule has 2 amide bonds. The highest BCUT2D eigenvalue weighted by molar-refractivity contribution is 5.80. The zero-order valence-electron chi connectivity index (χ0n) is 7.86. The number of rotatable bonds is 0. The summed E-state index contributed by atoms with van der Waals surface area (Å²) in [6.45, 7) is 0.870. The molecule has 1 saturated heterocycles. The second-order valence-corrected chi connectivity index (χ2v) is 3.83. The molecular weight excluding hydrogens is 176 g/mol. The molecule has 1 aliphatic carbocycles. The number of carbonyl (C=O) groups excluding carboxylic acids is 1. The SMILES string of the molecule is O=C1NC2C=CC=CC2=C2CCCN12. The normalized spacial score (nSPS) is 29.0. The van der Waals surface area contributed by atoms with Crippen molar-refractivity contribution >= 4 is 6.03 Å². The number of fused-ring (bicyclic) bond motifs is 2. The van der Waals surface area contributed by atoms with E-state index < -0.39 is 0 Å². The molecule has 0 aromatic heterocycles. The minimum atomic E-state index is 0.0613. The summed E-state index contributed by atoms with van der Waals surface area (Å²) in [5.74, 6) is 0. The van der Waals surface area contributed by atoms with Crippen LogP contribution in [0.25, 0.3) is 0 Å². The van der Waals surface area contributed by atoms with Crippen molar-refractivity contribution in [3.8, 4) is 0 Å². The lowest BCUT2D eigenvalue weighted by Crippen LogP contribution is -2.48. The summed E-state index contributed by atoms with van der Waals surface area (Å²) >= 11 is 0. The molecule has 3 nitrogen and oxygen atoms in total. The Hall–Kier alpha value is -1.51. The molecule has 3 aliphatic rings. The van der Waals surface area contributed by atoms with Crippen LogP contribution in [0, 0.1) is 0 Å². The van der Waals surface area contributed by atoms with Crippen molar-refractivity contribution in [2.75, 3.05) is 6.54 Å². The molecule has 1 atom stereocenters. The van der Waals surface area contributed by atoms with Crippen molar-refractivity contribution < 1.29 is 4.79 Å². The molecule has 0 spiro atoms. The van der Waals surface area contributed by atoms with E-state index in [-0.39, 0.29) is 12.1 Å². The molecule has 3 rings (SSSR count). The van der Waals surface area contributed by atoms with Gasteiger partial charge in [0.1, 0.15) is 0 Å². The van der Waals surface area contributed by atoms with Crippen molar-refractivity contribution in [3.63, 3.8) is 0 Å². The maximum absolute atomic E-state index is 11.7. The summed E-state index contributed by atoms with van der Waals surface area (Å²) in [4.78, 5) is 13.5. The average molecular weight is 188 g/mol. The van der Waals surface area contributed by atoms with Crippen LogP contribution >= 0.6 is 0 Å². The van der Waals surface area contributed by atoms with E-state index in [1.165, 1.54) is 11.3 Å². The van der Waals surface area contributed by atoms with Crippen LogP contribution in [-0.4, -0.2) is 23.5 Å². The molecule has 0 aromatic carbocycles. The minimum Gasteiger partial charge on any atom is -0.327 e. The Morgan fingerprint density at radius 3 is 3.29 bits per heavy atom. The Kier molecular flexibility index (Phi) is 1.54. The van der Waals surface area contributed by atoms with Crippen LogP contribution in [-0.2, 0) is 0 Å². The highest BCUT2D eigenvalue weighted by Gasteiger charge is 2.33. The molecular formula is C11H12N2O. The van der Waals surface area contributed by atoms with Gasteiger partial charge in [-0.15, -0.1) is 0 Å². The zero-order valence-corrected chi connectivity index (χ0v) is 7.86. The Bertz CT molecular complexity index is 379. The third-order valence-electron chi connectivity index (χ3n) is 3.00. The number of hydrogen-bond acceptors (Lipinski definition) is 1. The monoisotopic (exact) mass is 188 g/mol. The second-order valence-electron chi connectivity index (χ2n) is 3.83. The molecule has 3 heteroatoms. The van der Waals surface area contributed by atoms with Crippen LogP contribution in [0.2, 0.25) is 0 Å². The fourth-order valence-corrected chi connectivity index (χ4v) is 2.35. The van der Waals surface area contributed by atoms with Gasteiger partial charge < -0.3 is 5.32 Å². The van der Waals surface area contributed by atoms with Gasteiger partial charge >= 0.3 is 6.03 Å². The second kappa shape index (κ2) is 2.74. The summed E-state index contributed by atoms with van der Waals surface area (Å²) in [6, 6.07) is 0.169. The molecule has 1 fully saturated rings. The van der Waals surface area contributed by atoms with E-state index in [2.05, 4.69) is 11.4 Å². The van der Waals surface area contributed by atoms with Gasteiger partial charge in [-0.2, -0.15) is 0 Å².